The van der Waals surface area contributed by atoms with Gasteiger partial charge in [-0.1, -0.05) is 72.3 Å². The highest BCUT2D eigenvalue weighted by atomic mass is 35.5. The van der Waals surface area contributed by atoms with Crippen LogP contribution in [0.5, 0.6) is 0 Å². The SMILES string of the molecule is Cc1cccc(C(Cl)Cc2cccc3ccccc23)c1Cl. The van der Waals surface area contributed by atoms with Crippen molar-refractivity contribution in [3.8, 4) is 0 Å². The lowest BCUT2D eigenvalue weighted by Crippen LogP contribution is -1.98. The van der Waals surface area contributed by atoms with Gasteiger partial charge in [-0.3, -0.25) is 0 Å². The molecule has 0 radical (unpaired) electrons. The molecule has 0 aliphatic rings. The molecule has 0 aromatic heterocycles. The molecule has 0 saturated heterocycles. The minimum atomic E-state index is -0.122. The summed E-state index contributed by atoms with van der Waals surface area (Å²) in [7, 11) is 0. The summed E-state index contributed by atoms with van der Waals surface area (Å²) in [4.78, 5) is 0. The van der Waals surface area contributed by atoms with Crippen LogP contribution in [0.3, 0.4) is 0 Å². The van der Waals surface area contributed by atoms with Crippen LogP contribution in [0.15, 0.2) is 60.7 Å². The molecule has 0 aliphatic heterocycles. The molecule has 2 heteroatoms. The largest absolute Gasteiger partial charge is 0.117 e. The Balaban J connectivity index is 1.97. The van der Waals surface area contributed by atoms with E-state index in [0.717, 1.165) is 22.6 Å². The monoisotopic (exact) mass is 314 g/mol. The zero-order chi connectivity index (χ0) is 14.8. The van der Waals surface area contributed by atoms with Gasteiger partial charge in [0.1, 0.15) is 0 Å². The molecule has 0 fully saturated rings. The first-order chi connectivity index (χ1) is 10.2. The van der Waals surface area contributed by atoms with E-state index in [4.69, 9.17) is 23.2 Å². The van der Waals surface area contributed by atoms with Crippen molar-refractivity contribution >= 4 is 34.0 Å². The number of hydrogen-bond acceptors (Lipinski definition) is 0. The molecule has 3 aromatic rings. The lowest BCUT2D eigenvalue weighted by molar-refractivity contribution is 0.926. The maximum absolute atomic E-state index is 6.63. The zero-order valence-electron chi connectivity index (χ0n) is 11.8. The summed E-state index contributed by atoms with van der Waals surface area (Å²) in [6.07, 6.45) is 0.770. The normalized spacial score (nSPS) is 12.5. The smallest absolute Gasteiger partial charge is 0.0640 e. The van der Waals surface area contributed by atoms with Gasteiger partial charge >= 0.3 is 0 Å². The molecule has 0 saturated carbocycles. The summed E-state index contributed by atoms with van der Waals surface area (Å²) in [6, 6.07) is 20.8. The van der Waals surface area contributed by atoms with Crippen molar-refractivity contribution in [2.45, 2.75) is 18.7 Å². The van der Waals surface area contributed by atoms with Crippen LogP contribution in [0.4, 0.5) is 0 Å². The molecule has 3 rings (SSSR count). The Hall–Kier alpha value is -1.50. The van der Waals surface area contributed by atoms with Crippen LogP contribution in [0.25, 0.3) is 10.8 Å². The highest BCUT2D eigenvalue weighted by molar-refractivity contribution is 6.33. The quantitative estimate of drug-likeness (QED) is 0.496. The Morgan fingerprint density at radius 2 is 1.62 bits per heavy atom. The number of fused-ring (bicyclic) bond motifs is 1. The third kappa shape index (κ3) is 2.92. The fourth-order valence-corrected chi connectivity index (χ4v) is 3.35. The molecular formula is C19H16Cl2. The predicted molar refractivity (Wildman–Crippen MR) is 92.4 cm³/mol. The summed E-state index contributed by atoms with van der Waals surface area (Å²) in [5.41, 5.74) is 3.33. The van der Waals surface area contributed by atoms with Crippen LogP contribution in [-0.2, 0) is 6.42 Å². The van der Waals surface area contributed by atoms with Crippen LogP contribution >= 0.6 is 23.2 Å². The minimum absolute atomic E-state index is 0.122. The van der Waals surface area contributed by atoms with Gasteiger partial charge in [-0.15, -0.1) is 11.6 Å². The fraction of sp³-hybridized carbons (Fsp3) is 0.158. The fourth-order valence-electron chi connectivity index (χ4n) is 2.69. The van der Waals surface area contributed by atoms with Crippen molar-refractivity contribution in [1.29, 1.82) is 0 Å². The second-order valence-corrected chi connectivity index (χ2v) is 6.19. The summed E-state index contributed by atoms with van der Waals surface area (Å²) >= 11 is 13.0. The van der Waals surface area contributed by atoms with Gasteiger partial charge in [0.25, 0.3) is 0 Å². The first-order valence-corrected chi connectivity index (χ1v) is 7.84. The molecule has 0 nitrogen and oxygen atoms in total. The van der Waals surface area contributed by atoms with Crippen molar-refractivity contribution in [2.24, 2.45) is 0 Å². The second-order valence-electron chi connectivity index (χ2n) is 5.29. The van der Waals surface area contributed by atoms with Crippen molar-refractivity contribution in [3.05, 3.63) is 82.4 Å². The van der Waals surface area contributed by atoms with E-state index in [9.17, 15) is 0 Å². The summed E-state index contributed by atoms with van der Waals surface area (Å²) in [5.74, 6) is 0. The number of halogens is 2. The number of hydrogen-bond donors (Lipinski definition) is 0. The van der Waals surface area contributed by atoms with Crippen molar-refractivity contribution in [3.63, 3.8) is 0 Å². The van der Waals surface area contributed by atoms with Gasteiger partial charge in [0.2, 0.25) is 0 Å². The van der Waals surface area contributed by atoms with Crippen LogP contribution in [0.1, 0.15) is 22.1 Å². The van der Waals surface area contributed by atoms with E-state index in [1.165, 1.54) is 16.3 Å². The standard InChI is InChI=1S/C19H16Cl2/c1-13-6-4-11-17(19(13)21)18(20)12-15-9-5-8-14-7-2-3-10-16(14)15/h2-11,18H,12H2,1H3. The van der Waals surface area contributed by atoms with Crippen LogP contribution < -0.4 is 0 Å². The van der Waals surface area contributed by atoms with E-state index in [0.29, 0.717) is 0 Å². The van der Waals surface area contributed by atoms with Gasteiger partial charge in [-0.2, -0.15) is 0 Å². The van der Waals surface area contributed by atoms with E-state index < -0.39 is 0 Å². The molecular weight excluding hydrogens is 299 g/mol. The Bertz CT molecular complexity index is 772. The lowest BCUT2D eigenvalue weighted by Gasteiger charge is -2.14. The molecule has 1 unspecified atom stereocenters. The maximum atomic E-state index is 6.63. The van der Waals surface area contributed by atoms with E-state index in [2.05, 4.69) is 42.5 Å². The summed E-state index contributed by atoms with van der Waals surface area (Å²) in [6.45, 7) is 2.01. The van der Waals surface area contributed by atoms with Crippen LogP contribution in [-0.4, -0.2) is 0 Å². The van der Waals surface area contributed by atoms with E-state index >= 15 is 0 Å². The topological polar surface area (TPSA) is 0 Å². The van der Waals surface area contributed by atoms with Gasteiger partial charge < -0.3 is 0 Å². The van der Waals surface area contributed by atoms with Crippen LogP contribution in [0, 0.1) is 6.92 Å². The number of benzene rings is 3. The predicted octanol–water partition coefficient (Wildman–Crippen LogP) is 6.32. The summed E-state index contributed by atoms with van der Waals surface area (Å²) < 4.78 is 0. The summed E-state index contributed by atoms with van der Waals surface area (Å²) in [5, 5.41) is 3.16. The van der Waals surface area contributed by atoms with Gasteiger partial charge in [0, 0.05) is 5.02 Å². The molecule has 21 heavy (non-hydrogen) atoms. The van der Waals surface area contributed by atoms with E-state index in [-0.39, 0.29) is 5.38 Å². The lowest BCUT2D eigenvalue weighted by atomic mass is 9.97. The van der Waals surface area contributed by atoms with Crippen molar-refractivity contribution < 1.29 is 0 Å². The van der Waals surface area contributed by atoms with E-state index in [1.54, 1.807) is 0 Å². The molecule has 0 heterocycles. The third-order valence-corrected chi connectivity index (χ3v) is 4.74. The molecule has 1 atom stereocenters. The van der Waals surface area contributed by atoms with E-state index in [1.807, 2.05) is 25.1 Å². The Morgan fingerprint density at radius 1 is 0.905 bits per heavy atom. The van der Waals surface area contributed by atoms with Gasteiger partial charge in [0.05, 0.1) is 5.38 Å². The highest BCUT2D eigenvalue weighted by Gasteiger charge is 2.14. The number of rotatable bonds is 3. The third-order valence-electron chi connectivity index (χ3n) is 3.84. The first kappa shape index (κ1) is 14.4. The molecule has 0 bridgehead atoms. The molecule has 0 aliphatic carbocycles. The Kier molecular flexibility index (Phi) is 4.19. The number of aryl methyl sites for hydroxylation is 1. The maximum Gasteiger partial charge on any atom is 0.0640 e. The van der Waals surface area contributed by atoms with Crippen LogP contribution in [0.2, 0.25) is 5.02 Å². The molecule has 0 N–H and O–H groups in total. The second kappa shape index (κ2) is 6.09. The molecule has 0 amide bonds. The highest BCUT2D eigenvalue weighted by Crippen LogP contribution is 2.34. The molecule has 3 aromatic carbocycles. The molecule has 0 spiro atoms. The average Bonchev–Trinajstić information content (AvgIpc) is 2.50. The average molecular weight is 315 g/mol. The van der Waals surface area contributed by atoms with Crippen molar-refractivity contribution in [1.82, 2.24) is 0 Å². The minimum Gasteiger partial charge on any atom is -0.117 e. The van der Waals surface area contributed by atoms with Gasteiger partial charge in [0.15, 0.2) is 0 Å². The van der Waals surface area contributed by atoms with Crippen molar-refractivity contribution in [2.75, 3.05) is 0 Å². The molecule has 106 valence electrons. The first-order valence-electron chi connectivity index (χ1n) is 7.02. The Labute approximate surface area is 135 Å². The van der Waals surface area contributed by atoms with Gasteiger partial charge in [-0.25, -0.2) is 0 Å². The zero-order valence-corrected chi connectivity index (χ0v) is 13.3. The number of alkyl halides is 1. The van der Waals surface area contributed by atoms with Gasteiger partial charge in [-0.05, 0) is 40.8 Å². The Morgan fingerprint density at radius 3 is 2.48 bits per heavy atom.